The Morgan fingerprint density at radius 1 is 1.00 bits per heavy atom. The summed E-state index contributed by atoms with van der Waals surface area (Å²) in [6.45, 7) is 0.725. The van der Waals surface area contributed by atoms with Crippen molar-refractivity contribution in [2.24, 2.45) is 5.73 Å². The molecule has 0 aliphatic carbocycles. The molecule has 2 aromatic rings. The van der Waals surface area contributed by atoms with Crippen molar-refractivity contribution in [1.29, 1.82) is 0 Å². The van der Waals surface area contributed by atoms with Gasteiger partial charge in [0.2, 0.25) is 14.0 Å². The summed E-state index contributed by atoms with van der Waals surface area (Å²) in [5, 5.41) is 0.683. The van der Waals surface area contributed by atoms with Crippen molar-refractivity contribution < 1.29 is 21.4 Å². The van der Waals surface area contributed by atoms with Crippen molar-refractivity contribution in [1.82, 2.24) is 0 Å². The third kappa shape index (κ3) is 2.27. The molecule has 0 fully saturated rings. The monoisotopic (exact) mass is 330 g/mol. The smallest absolute Gasteiger partial charge is 0.298 e. The highest BCUT2D eigenvalue weighted by Gasteiger charge is 2.48. The van der Waals surface area contributed by atoms with E-state index in [1.165, 1.54) is 18.2 Å². The maximum atomic E-state index is 12.5. The molecule has 0 aliphatic rings. The summed E-state index contributed by atoms with van der Waals surface area (Å²) in [5.74, 6) is 0. The molecule has 7 nitrogen and oxygen atoms in total. The lowest BCUT2D eigenvalue weighted by Gasteiger charge is -2.22. The zero-order valence-corrected chi connectivity index (χ0v) is 12.6. The molecule has 1 atom stereocenters. The minimum atomic E-state index is -5.03. The van der Waals surface area contributed by atoms with Crippen LogP contribution in [0.3, 0.4) is 0 Å². The van der Waals surface area contributed by atoms with Crippen LogP contribution in [0, 0.1) is 0 Å². The second-order valence-corrected chi connectivity index (χ2v) is 9.04. The Morgan fingerprint density at radius 3 is 2.05 bits per heavy atom. The molecule has 114 valence electrons. The fraction of sp³-hybridized carbons (Fsp3) is 0.167. The molecule has 0 spiro atoms. The molecule has 0 radical (unpaired) electrons. The molecule has 21 heavy (non-hydrogen) atoms. The predicted octanol–water partition coefficient (Wildman–Crippen LogP) is 0.716. The largest absolute Gasteiger partial charge is 0.398 e. The van der Waals surface area contributed by atoms with Crippen LogP contribution in [0.1, 0.15) is 6.92 Å². The minimum absolute atomic E-state index is 0.234. The first-order valence-corrected chi connectivity index (χ1v) is 8.70. The van der Waals surface area contributed by atoms with Crippen LogP contribution >= 0.6 is 0 Å². The van der Waals surface area contributed by atoms with E-state index in [0.29, 0.717) is 11.1 Å². The Morgan fingerprint density at radius 2 is 1.52 bits per heavy atom. The van der Waals surface area contributed by atoms with Gasteiger partial charge in [0.1, 0.15) is 0 Å². The van der Waals surface area contributed by atoms with Gasteiger partial charge in [-0.15, -0.1) is 0 Å². The third-order valence-corrected chi connectivity index (χ3v) is 7.57. The first-order chi connectivity index (χ1) is 9.50. The molecule has 0 aliphatic heterocycles. The zero-order valence-electron chi connectivity index (χ0n) is 11.0. The number of hydrogen-bond acceptors (Lipinski definition) is 6. The van der Waals surface area contributed by atoms with E-state index in [4.69, 9.17) is 16.0 Å². The van der Waals surface area contributed by atoms with Crippen LogP contribution in [0.2, 0.25) is 0 Å². The van der Waals surface area contributed by atoms with Crippen molar-refractivity contribution in [3.05, 3.63) is 36.4 Å². The summed E-state index contributed by atoms with van der Waals surface area (Å²) in [7, 11) is -9.58. The van der Waals surface area contributed by atoms with Gasteiger partial charge < -0.3 is 5.73 Å². The van der Waals surface area contributed by atoms with Gasteiger partial charge in [-0.3, -0.25) is 10.3 Å². The summed E-state index contributed by atoms with van der Waals surface area (Å²) >= 11 is 0. The molecule has 2 rings (SSSR count). The Bertz CT molecular complexity index is 918. The number of rotatable bonds is 3. The average molecular weight is 330 g/mol. The fourth-order valence-electron chi connectivity index (χ4n) is 1.89. The summed E-state index contributed by atoms with van der Waals surface area (Å²) in [6, 6.07) is 8.85. The molecule has 0 heterocycles. The van der Waals surface area contributed by atoms with E-state index < -0.39 is 24.2 Å². The molecule has 0 amide bonds. The summed E-state index contributed by atoms with van der Waals surface area (Å²) in [6.07, 6.45) is 0. The highest BCUT2D eigenvalue weighted by Crippen LogP contribution is 2.33. The molecule has 1 unspecified atom stereocenters. The van der Waals surface area contributed by atoms with Gasteiger partial charge >= 0.3 is 0 Å². The predicted molar refractivity (Wildman–Crippen MR) is 79.7 cm³/mol. The summed E-state index contributed by atoms with van der Waals surface area (Å²) in [5.41, 5.74) is 11.5. The fourth-order valence-corrected chi connectivity index (χ4v) is 4.42. The molecule has 0 saturated heterocycles. The van der Waals surface area contributed by atoms with E-state index in [9.17, 15) is 16.8 Å². The highest BCUT2D eigenvalue weighted by molar-refractivity contribution is 8.08. The third-order valence-electron chi connectivity index (χ3n) is 3.25. The Hall–Kier alpha value is -1.68. The zero-order chi connectivity index (χ0) is 16.1. The van der Waals surface area contributed by atoms with Gasteiger partial charge in [0, 0.05) is 16.5 Å². The number of hydrogen-bond donors (Lipinski definition) is 3. The molecular formula is C12H14N2O5S2. The van der Waals surface area contributed by atoms with Crippen LogP contribution in [0.25, 0.3) is 10.8 Å². The van der Waals surface area contributed by atoms with Crippen molar-refractivity contribution >= 4 is 36.4 Å². The van der Waals surface area contributed by atoms with E-state index in [1.54, 1.807) is 18.2 Å². The average Bonchev–Trinajstić information content (AvgIpc) is 2.37. The van der Waals surface area contributed by atoms with Crippen LogP contribution in [-0.4, -0.2) is 25.6 Å². The quantitative estimate of drug-likeness (QED) is 0.556. The number of nitrogens with two attached hydrogens (primary N) is 2. The van der Waals surface area contributed by atoms with Gasteiger partial charge in [0.25, 0.3) is 10.1 Å². The number of benzene rings is 2. The number of anilines is 1. The normalized spacial score (nSPS) is 15.8. The number of fused-ring (bicyclic) bond motifs is 1. The Labute approximate surface area is 122 Å². The standard InChI is InChI=1S/C12H14N2O5S2/c1-12(14,21(17,18)19)20(15,16)11-7-6-10(13)8-4-2-3-5-9(8)11/h2-7H,13-14H2,1H3,(H,17,18,19). The molecule has 0 aromatic heterocycles. The number of sulfone groups is 1. The van der Waals surface area contributed by atoms with Crippen molar-refractivity contribution in [2.45, 2.75) is 16.0 Å². The SMILES string of the molecule is CC(N)(S(=O)(=O)O)S(=O)(=O)c1ccc(N)c2ccccc12. The van der Waals surface area contributed by atoms with E-state index in [1.807, 2.05) is 0 Å². The lowest BCUT2D eigenvalue weighted by molar-refractivity contribution is 0.458. The lowest BCUT2D eigenvalue weighted by Crippen LogP contribution is -2.51. The minimum Gasteiger partial charge on any atom is -0.398 e. The maximum Gasteiger partial charge on any atom is 0.298 e. The Kier molecular flexibility index (Phi) is 3.49. The first-order valence-electron chi connectivity index (χ1n) is 5.78. The maximum absolute atomic E-state index is 12.5. The van der Waals surface area contributed by atoms with Gasteiger partial charge in [-0.05, 0) is 19.1 Å². The van der Waals surface area contributed by atoms with Gasteiger partial charge in [-0.1, -0.05) is 24.3 Å². The van der Waals surface area contributed by atoms with Crippen LogP contribution in [0.5, 0.6) is 0 Å². The van der Waals surface area contributed by atoms with Crippen LogP contribution in [-0.2, 0) is 20.0 Å². The Balaban J connectivity index is 2.88. The van der Waals surface area contributed by atoms with Crippen LogP contribution < -0.4 is 11.5 Å². The lowest BCUT2D eigenvalue weighted by atomic mass is 10.1. The van der Waals surface area contributed by atoms with E-state index >= 15 is 0 Å². The number of nitrogen functional groups attached to an aromatic ring is 1. The van der Waals surface area contributed by atoms with Gasteiger partial charge in [-0.2, -0.15) is 8.42 Å². The first kappa shape index (κ1) is 15.7. The molecule has 2 aromatic carbocycles. The van der Waals surface area contributed by atoms with Crippen molar-refractivity contribution in [3.63, 3.8) is 0 Å². The topological polar surface area (TPSA) is 141 Å². The van der Waals surface area contributed by atoms with Gasteiger partial charge in [0.05, 0.1) is 4.90 Å². The second-order valence-electron chi connectivity index (χ2n) is 4.69. The molecule has 0 bridgehead atoms. The molecule has 0 saturated carbocycles. The van der Waals surface area contributed by atoms with Crippen LogP contribution in [0.15, 0.2) is 41.3 Å². The second kappa shape index (κ2) is 4.67. The molecule has 9 heteroatoms. The van der Waals surface area contributed by atoms with Crippen molar-refractivity contribution in [3.8, 4) is 0 Å². The van der Waals surface area contributed by atoms with Crippen molar-refractivity contribution in [2.75, 3.05) is 5.73 Å². The van der Waals surface area contributed by atoms with Gasteiger partial charge in [0.15, 0.2) is 0 Å². The van der Waals surface area contributed by atoms with Crippen LogP contribution in [0.4, 0.5) is 5.69 Å². The van der Waals surface area contributed by atoms with E-state index in [0.717, 1.165) is 6.92 Å². The van der Waals surface area contributed by atoms with Gasteiger partial charge in [-0.25, -0.2) is 8.42 Å². The molecule has 5 N–H and O–H groups in total. The highest BCUT2D eigenvalue weighted by atomic mass is 32.3. The van der Waals surface area contributed by atoms with E-state index in [-0.39, 0.29) is 10.3 Å². The molecular weight excluding hydrogens is 316 g/mol. The summed E-state index contributed by atoms with van der Waals surface area (Å²) in [4.78, 5) is -0.310. The summed E-state index contributed by atoms with van der Waals surface area (Å²) < 4.78 is 53.9. The van der Waals surface area contributed by atoms with E-state index in [2.05, 4.69) is 0 Å².